The van der Waals surface area contributed by atoms with Crippen LogP contribution in [-0.2, 0) is 4.74 Å². The number of alkyl carbamates (subject to hydrolysis) is 1. The van der Waals surface area contributed by atoms with E-state index < -0.39 is 18.1 Å². The number of hydrogen-bond donors (Lipinski definition) is 2. The van der Waals surface area contributed by atoms with E-state index in [0.29, 0.717) is 42.0 Å². The smallest absolute Gasteiger partial charge is 0.444 e. The molecule has 2 amide bonds. The van der Waals surface area contributed by atoms with Crippen LogP contribution < -0.4 is 15.4 Å². The van der Waals surface area contributed by atoms with E-state index in [1.54, 1.807) is 32.9 Å². The van der Waals surface area contributed by atoms with Crippen molar-refractivity contribution in [2.75, 3.05) is 13.1 Å². The summed E-state index contributed by atoms with van der Waals surface area (Å²) < 4.78 is 49.8. The van der Waals surface area contributed by atoms with Gasteiger partial charge in [0.25, 0.3) is 5.91 Å². The van der Waals surface area contributed by atoms with Crippen LogP contribution in [0.4, 0.5) is 18.0 Å². The van der Waals surface area contributed by atoms with Crippen molar-refractivity contribution in [1.29, 1.82) is 0 Å². The third kappa shape index (κ3) is 6.01. The maximum absolute atomic E-state index is 12.8. The van der Waals surface area contributed by atoms with Gasteiger partial charge >= 0.3 is 12.5 Å². The normalized spacial score (nSPS) is 15.7. The number of amides is 2. The number of hydrogen-bond acceptors (Lipinski definition) is 5. The second-order valence-corrected chi connectivity index (χ2v) is 10.1. The Bertz CT molecular complexity index is 1250. The van der Waals surface area contributed by atoms with Crippen molar-refractivity contribution in [2.45, 2.75) is 45.2 Å². The van der Waals surface area contributed by atoms with Crippen LogP contribution in [0.1, 0.15) is 43.7 Å². The number of ether oxygens (including phenoxy) is 2. The summed E-state index contributed by atoms with van der Waals surface area (Å²) in [7, 11) is 0. The predicted octanol–water partition coefficient (Wildman–Crippen LogP) is 5.98. The first-order valence-corrected chi connectivity index (χ1v) is 12.2. The summed E-state index contributed by atoms with van der Waals surface area (Å²) in [5.41, 5.74) is 2.41. The highest BCUT2D eigenvalue weighted by molar-refractivity contribution is 7.08. The fourth-order valence-corrected chi connectivity index (χ4v) is 4.77. The van der Waals surface area contributed by atoms with Crippen LogP contribution in [0, 0.1) is 0 Å². The van der Waals surface area contributed by atoms with E-state index in [-0.39, 0.29) is 17.7 Å². The van der Waals surface area contributed by atoms with E-state index in [1.807, 2.05) is 21.4 Å². The summed E-state index contributed by atoms with van der Waals surface area (Å²) in [5.74, 6) is -0.625. The Morgan fingerprint density at radius 1 is 1.19 bits per heavy atom. The molecule has 0 saturated carbocycles. The number of thiophene rings is 1. The maximum atomic E-state index is 12.8. The molecule has 11 heteroatoms. The number of alkyl halides is 3. The molecule has 4 rings (SSSR count). The van der Waals surface area contributed by atoms with Gasteiger partial charge in [0.05, 0.1) is 11.7 Å². The van der Waals surface area contributed by atoms with E-state index in [0.717, 1.165) is 5.56 Å². The van der Waals surface area contributed by atoms with Crippen LogP contribution in [0.25, 0.3) is 22.4 Å². The molecule has 0 fully saturated rings. The van der Waals surface area contributed by atoms with Crippen LogP contribution in [0.15, 0.2) is 47.2 Å². The topological polar surface area (TPSA) is 81.6 Å². The standard InChI is InChI=1S/C25H26F3N3O4S/c1-24(2,3)35-23(33)29-9-7-17-13-30-22(32)20-12-19(21(31(17)20)16-8-10-36-14-16)15-5-4-6-18(11-15)34-25(26,27)28/h4-6,8,10-12,14,17H,7,9,13H2,1-3H3,(H,29,33)(H,30,32)/t17-/m0/s1. The number of nitrogens with one attached hydrogen (secondary N) is 2. The Kier molecular flexibility index (Phi) is 7.03. The molecule has 2 aromatic heterocycles. The van der Waals surface area contributed by atoms with Crippen molar-refractivity contribution in [3.63, 3.8) is 0 Å². The van der Waals surface area contributed by atoms with Crippen molar-refractivity contribution >= 4 is 23.3 Å². The van der Waals surface area contributed by atoms with Gasteiger partial charge in [0.15, 0.2) is 0 Å². The number of benzene rings is 1. The first-order valence-electron chi connectivity index (χ1n) is 11.3. The Balaban J connectivity index is 1.70. The van der Waals surface area contributed by atoms with Crippen molar-refractivity contribution < 1.29 is 32.2 Å². The molecule has 2 N–H and O–H groups in total. The SMILES string of the molecule is CC(C)(C)OC(=O)NCC[C@H]1CNC(=O)c2cc(-c3cccc(OC(F)(F)F)c3)c(-c3ccsc3)n21. The van der Waals surface area contributed by atoms with Crippen LogP contribution in [0.3, 0.4) is 0 Å². The molecule has 0 aliphatic carbocycles. The fraction of sp³-hybridized carbons (Fsp3) is 0.360. The summed E-state index contributed by atoms with van der Waals surface area (Å²) in [6.07, 6.45) is -4.86. The summed E-state index contributed by atoms with van der Waals surface area (Å²) >= 11 is 1.47. The summed E-state index contributed by atoms with van der Waals surface area (Å²) in [5, 5.41) is 9.43. The minimum atomic E-state index is -4.82. The molecule has 0 radical (unpaired) electrons. The van der Waals surface area contributed by atoms with Crippen LogP contribution >= 0.6 is 11.3 Å². The van der Waals surface area contributed by atoms with Gasteiger partial charge in [-0.3, -0.25) is 4.79 Å². The van der Waals surface area contributed by atoms with Gasteiger partial charge in [0, 0.05) is 29.6 Å². The molecule has 1 aliphatic heterocycles. The van der Waals surface area contributed by atoms with Gasteiger partial charge in [-0.05, 0) is 62.4 Å². The quantitative estimate of drug-likeness (QED) is 0.418. The highest BCUT2D eigenvalue weighted by Crippen LogP contribution is 2.41. The van der Waals surface area contributed by atoms with Crippen molar-refractivity contribution in [3.8, 4) is 28.1 Å². The molecule has 1 aliphatic rings. The van der Waals surface area contributed by atoms with Gasteiger partial charge in [-0.2, -0.15) is 11.3 Å². The van der Waals surface area contributed by atoms with Crippen molar-refractivity contribution in [2.24, 2.45) is 0 Å². The van der Waals surface area contributed by atoms with E-state index in [2.05, 4.69) is 15.4 Å². The molecule has 3 aromatic rings. The van der Waals surface area contributed by atoms with Crippen LogP contribution in [0.2, 0.25) is 0 Å². The van der Waals surface area contributed by atoms with Gasteiger partial charge < -0.3 is 24.7 Å². The van der Waals surface area contributed by atoms with E-state index >= 15 is 0 Å². The number of carbonyl (C=O) groups excluding carboxylic acids is 2. The second kappa shape index (κ2) is 9.88. The number of halogens is 3. The minimum Gasteiger partial charge on any atom is -0.444 e. The van der Waals surface area contributed by atoms with Crippen molar-refractivity contribution in [1.82, 2.24) is 15.2 Å². The number of nitrogens with zero attached hydrogens (tertiary/aromatic N) is 1. The lowest BCUT2D eigenvalue weighted by Gasteiger charge is -2.29. The first kappa shape index (κ1) is 25.6. The molecule has 0 bridgehead atoms. The Labute approximate surface area is 210 Å². The van der Waals surface area contributed by atoms with Gasteiger partial charge in [-0.25, -0.2) is 4.79 Å². The molecule has 0 unspecified atom stereocenters. The molecule has 0 spiro atoms. The Morgan fingerprint density at radius 2 is 1.97 bits per heavy atom. The highest BCUT2D eigenvalue weighted by Gasteiger charge is 2.33. The Hall–Kier alpha value is -3.47. The lowest BCUT2D eigenvalue weighted by molar-refractivity contribution is -0.274. The lowest BCUT2D eigenvalue weighted by Crippen LogP contribution is -2.41. The molecular formula is C25H26F3N3O4S. The van der Waals surface area contributed by atoms with Crippen LogP contribution in [-0.4, -0.2) is 41.6 Å². The second-order valence-electron chi connectivity index (χ2n) is 9.33. The van der Waals surface area contributed by atoms with E-state index in [1.165, 1.54) is 29.5 Å². The summed E-state index contributed by atoms with van der Waals surface area (Å²) in [4.78, 5) is 24.9. The lowest BCUT2D eigenvalue weighted by atomic mass is 10.0. The number of rotatable bonds is 6. The van der Waals surface area contributed by atoms with Crippen molar-refractivity contribution in [3.05, 3.63) is 52.9 Å². The Morgan fingerprint density at radius 3 is 2.64 bits per heavy atom. The van der Waals surface area contributed by atoms with E-state index in [4.69, 9.17) is 4.74 Å². The summed E-state index contributed by atoms with van der Waals surface area (Å²) in [6, 6.07) is 9.07. The molecule has 192 valence electrons. The minimum absolute atomic E-state index is 0.203. The summed E-state index contributed by atoms with van der Waals surface area (Å²) in [6.45, 7) is 5.97. The molecule has 1 atom stereocenters. The third-order valence-electron chi connectivity index (χ3n) is 5.45. The zero-order valence-electron chi connectivity index (χ0n) is 19.9. The molecule has 1 aromatic carbocycles. The maximum Gasteiger partial charge on any atom is 0.573 e. The van der Waals surface area contributed by atoms with Gasteiger partial charge in [-0.1, -0.05) is 12.1 Å². The predicted molar refractivity (Wildman–Crippen MR) is 130 cm³/mol. The fourth-order valence-electron chi connectivity index (χ4n) is 4.13. The zero-order valence-corrected chi connectivity index (χ0v) is 20.8. The van der Waals surface area contributed by atoms with Gasteiger partial charge in [0.2, 0.25) is 0 Å². The van der Waals surface area contributed by atoms with Crippen LogP contribution in [0.5, 0.6) is 5.75 Å². The number of aromatic nitrogens is 1. The molecule has 36 heavy (non-hydrogen) atoms. The first-order chi connectivity index (χ1) is 16.9. The van der Waals surface area contributed by atoms with Gasteiger partial charge in [-0.15, -0.1) is 13.2 Å². The largest absolute Gasteiger partial charge is 0.573 e. The monoisotopic (exact) mass is 521 g/mol. The highest BCUT2D eigenvalue weighted by atomic mass is 32.1. The number of fused-ring (bicyclic) bond motifs is 1. The molecule has 7 nitrogen and oxygen atoms in total. The third-order valence-corrected chi connectivity index (χ3v) is 6.13. The van der Waals surface area contributed by atoms with E-state index in [9.17, 15) is 22.8 Å². The molecular weight excluding hydrogens is 495 g/mol. The average molecular weight is 522 g/mol. The average Bonchev–Trinajstić information content (AvgIpc) is 3.41. The molecule has 3 heterocycles. The van der Waals surface area contributed by atoms with Gasteiger partial charge in [0.1, 0.15) is 17.0 Å². The zero-order chi connectivity index (χ0) is 26.1. The number of carbonyl (C=O) groups is 2. The molecule has 0 saturated heterocycles.